The average Bonchev–Trinajstić information content (AvgIpc) is 3.00. The van der Waals surface area contributed by atoms with E-state index in [1.165, 1.54) is 12.8 Å². The fraction of sp³-hybridized carbons (Fsp3) is 0.846. The monoisotopic (exact) mass is 220 g/mol. The SMILES string of the molecule is CCC(CC1CC1)NC(=O)C1(C#N)CCC1. The van der Waals surface area contributed by atoms with Gasteiger partial charge >= 0.3 is 0 Å². The first-order chi connectivity index (χ1) is 7.70. The van der Waals surface area contributed by atoms with Crippen LogP contribution in [0.1, 0.15) is 51.9 Å². The van der Waals surface area contributed by atoms with Crippen molar-refractivity contribution in [2.75, 3.05) is 0 Å². The summed E-state index contributed by atoms with van der Waals surface area (Å²) in [6.07, 6.45) is 7.21. The molecule has 0 heterocycles. The van der Waals surface area contributed by atoms with Gasteiger partial charge in [-0.15, -0.1) is 0 Å². The van der Waals surface area contributed by atoms with E-state index in [4.69, 9.17) is 5.26 Å². The fourth-order valence-electron chi connectivity index (χ4n) is 2.33. The van der Waals surface area contributed by atoms with E-state index in [9.17, 15) is 4.79 Å². The van der Waals surface area contributed by atoms with E-state index in [2.05, 4.69) is 18.3 Å². The molecular weight excluding hydrogens is 200 g/mol. The molecule has 1 atom stereocenters. The molecule has 0 bridgehead atoms. The predicted octanol–water partition coefficient (Wildman–Crippen LogP) is 2.38. The molecule has 2 aliphatic carbocycles. The first kappa shape index (κ1) is 11.4. The van der Waals surface area contributed by atoms with E-state index < -0.39 is 5.41 Å². The Bertz CT molecular complexity index is 310. The summed E-state index contributed by atoms with van der Waals surface area (Å²) in [5, 5.41) is 12.1. The van der Waals surface area contributed by atoms with Crippen LogP contribution < -0.4 is 5.32 Å². The number of nitrogens with zero attached hydrogens (tertiary/aromatic N) is 1. The van der Waals surface area contributed by atoms with Crippen LogP contribution in [-0.4, -0.2) is 11.9 Å². The maximum absolute atomic E-state index is 12.0. The van der Waals surface area contributed by atoms with Crippen molar-refractivity contribution in [1.29, 1.82) is 5.26 Å². The maximum Gasteiger partial charge on any atom is 0.240 e. The minimum absolute atomic E-state index is 0.0197. The Labute approximate surface area is 97.2 Å². The standard InChI is InChI=1S/C13H20N2O/c1-2-11(8-10-4-5-10)15-12(16)13(9-14)6-3-7-13/h10-11H,2-8H2,1H3,(H,15,16). The summed E-state index contributed by atoms with van der Waals surface area (Å²) < 4.78 is 0. The number of rotatable bonds is 5. The van der Waals surface area contributed by atoms with Crippen molar-refractivity contribution in [3.05, 3.63) is 0 Å². The van der Waals surface area contributed by atoms with Gasteiger partial charge in [0.05, 0.1) is 6.07 Å². The molecule has 0 aromatic rings. The van der Waals surface area contributed by atoms with Crippen molar-refractivity contribution in [3.63, 3.8) is 0 Å². The van der Waals surface area contributed by atoms with Crippen LogP contribution in [0.15, 0.2) is 0 Å². The summed E-state index contributed by atoms with van der Waals surface area (Å²) in [6.45, 7) is 2.10. The van der Waals surface area contributed by atoms with Gasteiger partial charge in [0, 0.05) is 6.04 Å². The highest BCUT2D eigenvalue weighted by molar-refractivity contribution is 5.86. The Balaban J connectivity index is 1.86. The van der Waals surface area contributed by atoms with Crippen LogP contribution >= 0.6 is 0 Å². The normalized spacial score (nSPS) is 24.0. The third-order valence-electron chi connectivity index (χ3n) is 4.00. The van der Waals surface area contributed by atoms with Crippen molar-refractivity contribution >= 4 is 5.91 Å². The van der Waals surface area contributed by atoms with E-state index in [-0.39, 0.29) is 11.9 Å². The summed E-state index contributed by atoms with van der Waals surface area (Å²) >= 11 is 0. The largest absolute Gasteiger partial charge is 0.352 e. The highest BCUT2D eigenvalue weighted by atomic mass is 16.2. The molecule has 2 aliphatic rings. The van der Waals surface area contributed by atoms with E-state index in [1.807, 2.05) is 0 Å². The lowest BCUT2D eigenvalue weighted by atomic mass is 9.69. The van der Waals surface area contributed by atoms with Gasteiger partial charge in [0.25, 0.3) is 0 Å². The third kappa shape index (κ3) is 2.21. The lowest BCUT2D eigenvalue weighted by Crippen LogP contribution is -2.48. The topological polar surface area (TPSA) is 52.9 Å². The first-order valence-corrected chi connectivity index (χ1v) is 6.42. The van der Waals surface area contributed by atoms with Crippen molar-refractivity contribution in [2.45, 2.75) is 57.9 Å². The maximum atomic E-state index is 12.0. The van der Waals surface area contributed by atoms with Gasteiger partial charge in [0.15, 0.2) is 0 Å². The Kier molecular flexibility index (Phi) is 3.18. The third-order valence-corrected chi connectivity index (χ3v) is 4.00. The van der Waals surface area contributed by atoms with Crippen LogP contribution in [0.25, 0.3) is 0 Å². The predicted molar refractivity (Wildman–Crippen MR) is 61.5 cm³/mol. The second kappa shape index (κ2) is 4.45. The van der Waals surface area contributed by atoms with Crippen molar-refractivity contribution in [3.8, 4) is 6.07 Å². The molecule has 0 aliphatic heterocycles. The molecule has 0 saturated heterocycles. The molecule has 3 heteroatoms. The van der Waals surface area contributed by atoms with Gasteiger partial charge in [0.2, 0.25) is 5.91 Å². The molecule has 0 aromatic heterocycles. The minimum Gasteiger partial charge on any atom is -0.352 e. The van der Waals surface area contributed by atoms with Crippen LogP contribution in [0.5, 0.6) is 0 Å². The summed E-state index contributed by atoms with van der Waals surface area (Å²) in [5.74, 6) is 0.804. The molecular formula is C13H20N2O. The average molecular weight is 220 g/mol. The van der Waals surface area contributed by atoms with Gasteiger partial charge in [-0.25, -0.2) is 0 Å². The molecule has 2 fully saturated rings. The number of carbonyl (C=O) groups excluding carboxylic acids is 1. The lowest BCUT2D eigenvalue weighted by Gasteiger charge is -2.34. The second-order valence-corrected chi connectivity index (χ2v) is 5.31. The number of nitrogens with one attached hydrogen (secondary N) is 1. The van der Waals surface area contributed by atoms with Crippen molar-refractivity contribution in [2.24, 2.45) is 11.3 Å². The Hall–Kier alpha value is -1.04. The molecule has 2 rings (SSSR count). The molecule has 1 N–H and O–H groups in total. The Morgan fingerprint density at radius 2 is 2.25 bits per heavy atom. The molecule has 1 amide bonds. The smallest absolute Gasteiger partial charge is 0.240 e. The number of carbonyl (C=O) groups is 1. The molecule has 0 aromatic carbocycles. The van der Waals surface area contributed by atoms with E-state index in [1.54, 1.807) is 0 Å². The van der Waals surface area contributed by atoms with Gasteiger partial charge in [0.1, 0.15) is 5.41 Å². The summed E-state index contributed by atoms with van der Waals surface area (Å²) in [4.78, 5) is 12.0. The minimum atomic E-state index is -0.684. The number of hydrogen-bond donors (Lipinski definition) is 1. The van der Waals surface area contributed by atoms with Gasteiger partial charge in [-0.3, -0.25) is 4.79 Å². The summed E-state index contributed by atoms with van der Waals surface area (Å²) in [6, 6.07) is 2.48. The Morgan fingerprint density at radius 1 is 1.56 bits per heavy atom. The molecule has 1 unspecified atom stereocenters. The fourth-order valence-corrected chi connectivity index (χ4v) is 2.33. The molecule has 3 nitrogen and oxygen atoms in total. The van der Waals surface area contributed by atoms with Gasteiger partial charge < -0.3 is 5.32 Å². The van der Waals surface area contributed by atoms with Crippen LogP contribution in [0.2, 0.25) is 0 Å². The summed E-state index contributed by atoms with van der Waals surface area (Å²) in [7, 11) is 0. The van der Waals surface area contributed by atoms with Gasteiger partial charge in [-0.05, 0) is 38.0 Å². The molecule has 16 heavy (non-hydrogen) atoms. The quantitative estimate of drug-likeness (QED) is 0.773. The zero-order valence-electron chi connectivity index (χ0n) is 9.96. The van der Waals surface area contributed by atoms with Crippen LogP contribution in [0.4, 0.5) is 0 Å². The first-order valence-electron chi connectivity index (χ1n) is 6.42. The highest BCUT2D eigenvalue weighted by Gasteiger charge is 2.45. The molecule has 0 radical (unpaired) electrons. The van der Waals surface area contributed by atoms with Gasteiger partial charge in [-0.1, -0.05) is 19.8 Å². The van der Waals surface area contributed by atoms with Crippen molar-refractivity contribution < 1.29 is 4.79 Å². The second-order valence-electron chi connectivity index (χ2n) is 5.31. The van der Waals surface area contributed by atoms with E-state index in [0.29, 0.717) is 0 Å². The zero-order chi connectivity index (χ0) is 11.6. The lowest BCUT2D eigenvalue weighted by molar-refractivity contribution is -0.132. The highest BCUT2D eigenvalue weighted by Crippen LogP contribution is 2.41. The molecule has 2 saturated carbocycles. The molecule has 88 valence electrons. The van der Waals surface area contributed by atoms with Crippen LogP contribution in [0.3, 0.4) is 0 Å². The van der Waals surface area contributed by atoms with Crippen LogP contribution in [0, 0.1) is 22.7 Å². The van der Waals surface area contributed by atoms with E-state index >= 15 is 0 Å². The van der Waals surface area contributed by atoms with Crippen molar-refractivity contribution in [1.82, 2.24) is 5.32 Å². The number of nitriles is 1. The van der Waals surface area contributed by atoms with E-state index in [0.717, 1.165) is 38.0 Å². The van der Waals surface area contributed by atoms with Gasteiger partial charge in [-0.2, -0.15) is 5.26 Å². The zero-order valence-corrected chi connectivity index (χ0v) is 9.96. The number of amides is 1. The Morgan fingerprint density at radius 3 is 2.62 bits per heavy atom. The molecule has 0 spiro atoms. The van der Waals surface area contributed by atoms with Crippen LogP contribution in [-0.2, 0) is 4.79 Å². The number of hydrogen-bond acceptors (Lipinski definition) is 2. The summed E-state index contributed by atoms with van der Waals surface area (Å²) in [5.41, 5.74) is -0.684.